The Bertz CT molecular complexity index is 757. The number of benzene rings is 2. The highest BCUT2D eigenvalue weighted by molar-refractivity contribution is 7.60. The highest BCUT2D eigenvalue weighted by Gasteiger charge is 2.22. The maximum Gasteiger partial charge on any atom is 0.356 e. The number of rotatable bonds is 1. The lowest BCUT2D eigenvalue weighted by atomic mass is 10.1. The van der Waals surface area contributed by atoms with E-state index in [0.717, 1.165) is 16.4 Å². The number of aromatic amines is 1. The maximum atomic E-state index is 11.5. The molecule has 3 N–H and O–H groups in total. The molecule has 0 fully saturated rings. The fraction of sp³-hybridized carbons (Fsp3) is 0. The molecule has 1 aromatic heterocycles. The number of fused-ring (bicyclic) bond motifs is 3. The van der Waals surface area contributed by atoms with Gasteiger partial charge in [-0.1, -0.05) is 24.3 Å². The first kappa shape index (κ1) is 10.5. The molecule has 0 saturated heterocycles. The van der Waals surface area contributed by atoms with E-state index in [1.54, 1.807) is 6.07 Å². The lowest BCUT2D eigenvalue weighted by molar-refractivity contribution is 0.388. The smallest absolute Gasteiger partial charge is 0.354 e. The third-order valence-corrected chi connectivity index (χ3v) is 3.82. The van der Waals surface area contributed by atoms with Gasteiger partial charge in [0.05, 0.1) is 5.30 Å². The normalized spacial score (nSPS) is 12.4. The van der Waals surface area contributed by atoms with E-state index >= 15 is 0 Å². The summed E-state index contributed by atoms with van der Waals surface area (Å²) >= 11 is 0. The molecular weight excluding hydrogens is 237 g/mol. The zero-order valence-electron chi connectivity index (χ0n) is 8.79. The van der Waals surface area contributed by atoms with Crippen LogP contribution in [-0.4, -0.2) is 14.8 Å². The second-order valence-corrected chi connectivity index (χ2v) is 5.48. The fourth-order valence-electron chi connectivity index (χ4n) is 2.13. The van der Waals surface area contributed by atoms with Crippen LogP contribution in [-0.2, 0) is 4.57 Å². The second kappa shape index (κ2) is 3.44. The van der Waals surface area contributed by atoms with Gasteiger partial charge in [0.2, 0.25) is 0 Å². The van der Waals surface area contributed by atoms with E-state index in [-0.39, 0.29) is 5.30 Å². The van der Waals surface area contributed by atoms with Crippen LogP contribution < -0.4 is 5.30 Å². The van der Waals surface area contributed by atoms with Crippen molar-refractivity contribution in [2.24, 2.45) is 0 Å². The van der Waals surface area contributed by atoms with Gasteiger partial charge in [-0.15, -0.1) is 0 Å². The number of hydrogen-bond donors (Lipinski definition) is 3. The molecule has 3 aromatic rings. The first-order valence-electron chi connectivity index (χ1n) is 5.13. The Kier molecular flexibility index (Phi) is 2.13. The van der Waals surface area contributed by atoms with Crippen molar-refractivity contribution in [3.05, 3.63) is 42.5 Å². The van der Waals surface area contributed by atoms with Crippen molar-refractivity contribution in [2.45, 2.75) is 0 Å². The summed E-state index contributed by atoms with van der Waals surface area (Å²) in [4.78, 5) is 21.9. The Hall–Kier alpha value is -1.61. The predicted octanol–water partition coefficient (Wildman–Crippen LogP) is 2.12. The van der Waals surface area contributed by atoms with Gasteiger partial charge in [0.1, 0.15) is 0 Å². The Balaban J connectivity index is 2.57. The molecule has 86 valence electrons. The largest absolute Gasteiger partial charge is 0.356 e. The number of hydrogen-bond acceptors (Lipinski definition) is 1. The molecule has 0 unspecified atom stereocenters. The molecule has 0 amide bonds. The molecular formula is C12H10NO3P. The molecule has 5 heteroatoms. The summed E-state index contributed by atoms with van der Waals surface area (Å²) in [5.41, 5.74) is 1.62. The molecule has 17 heavy (non-hydrogen) atoms. The number of aromatic nitrogens is 1. The van der Waals surface area contributed by atoms with Gasteiger partial charge in [0, 0.05) is 21.8 Å². The van der Waals surface area contributed by atoms with Crippen molar-refractivity contribution in [3.8, 4) is 0 Å². The number of para-hydroxylation sites is 1. The lowest BCUT2D eigenvalue weighted by Crippen LogP contribution is -2.04. The molecule has 0 aliphatic carbocycles. The highest BCUT2D eigenvalue weighted by atomic mass is 31.2. The van der Waals surface area contributed by atoms with E-state index in [9.17, 15) is 14.4 Å². The quantitative estimate of drug-likeness (QED) is 0.577. The summed E-state index contributed by atoms with van der Waals surface area (Å²) in [6, 6.07) is 12.4. The minimum Gasteiger partial charge on any atom is -0.354 e. The van der Waals surface area contributed by atoms with Crippen molar-refractivity contribution in [1.29, 1.82) is 0 Å². The van der Waals surface area contributed by atoms with Crippen molar-refractivity contribution in [2.75, 3.05) is 0 Å². The lowest BCUT2D eigenvalue weighted by Gasteiger charge is -2.05. The molecule has 4 nitrogen and oxygen atoms in total. The first-order valence-corrected chi connectivity index (χ1v) is 6.74. The van der Waals surface area contributed by atoms with Gasteiger partial charge >= 0.3 is 7.60 Å². The zero-order valence-corrected chi connectivity index (χ0v) is 9.69. The van der Waals surface area contributed by atoms with Crippen molar-refractivity contribution in [1.82, 2.24) is 4.98 Å². The third kappa shape index (κ3) is 1.58. The predicted molar refractivity (Wildman–Crippen MR) is 67.5 cm³/mol. The molecule has 0 aliphatic heterocycles. The maximum absolute atomic E-state index is 11.5. The standard InChI is InChI=1S/C12H10NO3P/c14-17(15,16)11-7-3-6-10-12(11)8-4-1-2-5-9(8)13-10/h1-7,13H,(H2,14,15,16). The van der Waals surface area contributed by atoms with Gasteiger partial charge in [0.15, 0.2) is 0 Å². The fourth-order valence-corrected chi connectivity index (χ4v) is 2.94. The van der Waals surface area contributed by atoms with Crippen LogP contribution in [0.2, 0.25) is 0 Å². The highest BCUT2D eigenvalue weighted by Crippen LogP contribution is 2.38. The van der Waals surface area contributed by atoms with E-state index in [2.05, 4.69) is 4.98 Å². The van der Waals surface area contributed by atoms with Crippen LogP contribution in [0.5, 0.6) is 0 Å². The first-order chi connectivity index (χ1) is 8.07. The van der Waals surface area contributed by atoms with Crippen molar-refractivity contribution < 1.29 is 14.4 Å². The van der Waals surface area contributed by atoms with E-state index < -0.39 is 7.60 Å². The Morgan fingerprint density at radius 3 is 2.41 bits per heavy atom. The van der Waals surface area contributed by atoms with E-state index in [4.69, 9.17) is 0 Å². The number of nitrogens with one attached hydrogen (secondary N) is 1. The SMILES string of the molecule is O=P(O)(O)c1cccc2[nH]c3ccccc3c12. The van der Waals surface area contributed by atoms with Crippen LogP contribution >= 0.6 is 7.60 Å². The molecule has 3 rings (SSSR count). The Morgan fingerprint density at radius 2 is 1.65 bits per heavy atom. The summed E-state index contributed by atoms with van der Waals surface area (Å²) in [6.07, 6.45) is 0. The van der Waals surface area contributed by atoms with Gasteiger partial charge in [0.25, 0.3) is 0 Å². The van der Waals surface area contributed by atoms with E-state index in [0.29, 0.717) is 5.39 Å². The van der Waals surface area contributed by atoms with Crippen molar-refractivity contribution in [3.63, 3.8) is 0 Å². The average molecular weight is 247 g/mol. The molecule has 0 aliphatic rings. The van der Waals surface area contributed by atoms with Crippen LogP contribution in [0.25, 0.3) is 21.8 Å². The van der Waals surface area contributed by atoms with Crippen LogP contribution in [0, 0.1) is 0 Å². The molecule has 0 spiro atoms. The van der Waals surface area contributed by atoms with Gasteiger partial charge in [-0.2, -0.15) is 0 Å². The van der Waals surface area contributed by atoms with Crippen LogP contribution in [0.4, 0.5) is 0 Å². The van der Waals surface area contributed by atoms with Crippen LogP contribution in [0.15, 0.2) is 42.5 Å². The van der Waals surface area contributed by atoms with E-state index in [1.165, 1.54) is 6.07 Å². The Labute approximate surface area is 97.1 Å². The summed E-state index contributed by atoms with van der Waals surface area (Å²) in [5, 5.41) is 1.52. The molecule has 0 bridgehead atoms. The third-order valence-electron chi connectivity index (χ3n) is 2.82. The zero-order chi connectivity index (χ0) is 12.0. The summed E-state index contributed by atoms with van der Waals surface area (Å²) < 4.78 is 11.5. The van der Waals surface area contributed by atoms with E-state index in [1.807, 2.05) is 30.3 Å². The summed E-state index contributed by atoms with van der Waals surface area (Å²) in [6.45, 7) is 0. The Morgan fingerprint density at radius 1 is 0.941 bits per heavy atom. The molecule has 0 atom stereocenters. The second-order valence-electron chi connectivity index (χ2n) is 3.91. The molecule has 2 aromatic carbocycles. The molecule has 0 radical (unpaired) electrons. The van der Waals surface area contributed by atoms with Gasteiger partial charge in [-0.3, -0.25) is 4.57 Å². The van der Waals surface area contributed by atoms with Crippen LogP contribution in [0.1, 0.15) is 0 Å². The minimum absolute atomic E-state index is 0.0763. The average Bonchev–Trinajstić information content (AvgIpc) is 2.65. The number of H-pyrrole nitrogens is 1. The topological polar surface area (TPSA) is 73.3 Å². The monoisotopic (exact) mass is 247 g/mol. The summed E-state index contributed by atoms with van der Waals surface area (Å²) in [5.74, 6) is 0. The van der Waals surface area contributed by atoms with Crippen LogP contribution in [0.3, 0.4) is 0 Å². The minimum atomic E-state index is -4.25. The van der Waals surface area contributed by atoms with Gasteiger partial charge < -0.3 is 14.8 Å². The summed E-state index contributed by atoms with van der Waals surface area (Å²) in [7, 11) is -4.25. The molecule has 1 heterocycles. The molecule has 0 saturated carbocycles. The van der Waals surface area contributed by atoms with Gasteiger partial charge in [-0.25, -0.2) is 0 Å². The van der Waals surface area contributed by atoms with Gasteiger partial charge in [-0.05, 0) is 18.2 Å². The van der Waals surface area contributed by atoms with Crippen molar-refractivity contribution >= 4 is 34.7 Å².